The second-order valence-electron chi connectivity index (χ2n) is 6.14. The predicted molar refractivity (Wildman–Crippen MR) is 103 cm³/mol. The molecule has 0 aliphatic carbocycles. The zero-order valence-electron chi connectivity index (χ0n) is 15.0. The van der Waals surface area contributed by atoms with E-state index in [1.165, 1.54) is 0 Å². The van der Waals surface area contributed by atoms with Crippen LogP contribution in [-0.2, 0) is 6.54 Å². The van der Waals surface area contributed by atoms with Crippen molar-refractivity contribution < 1.29 is 9.53 Å². The number of aromatic nitrogens is 1. The first-order valence-corrected chi connectivity index (χ1v) is 8.67. The van der Waals surface area contributed by atoms with Crippen LogP contribution in [-0.4, -0.2) is 29.4 Å². The number of nitrogens with zero attached hydrogens (tertiary/aromatic N) is 1. The van der Waals surface area contributed by atoms with Gasteiger partial charge in [-0.15, -0.1) is 0 Å². The van der Waals surface area contributed by atoms with Crippen LogP contribution >= 0.6 is 0 Å². The molecule has 0 saturated heterocycles. The van der Waals surface area contributed by atoms with Crippen LogP contribution < -0.4 is 10.3 Å². The first kappa shape index (κ1) is 17.7. The fraction of sp³-hybridized carbons (Fsp3) is 0.238. The smallest absolute Gasteiger partial charge is 0.257 e. The van der Waals surface area contributed by atoms with Crippen LogP contribution in [0, 0.1) is 0 Å². The van der Waals surface area contributed by atoms with Crippen LogP contribution in [0.3, 0.4) is 0 Å². The highest BCUT2D eigenvalue weighted by molar-refractivity contribution is 5.97. The second-order valence-corrected chi connectivity index (χ2v) is 6.14. The average Bonchev–Trinajstić information content (AvgIpc) is 2.67. The molecule has 134 valence electrons. The molecule has 0 spiro atoms. The number of H-pyrrole nitrogens is 1. The number of fused-ring (bicyclic) bond motifs is 1. The Morgan fingerprint density at radius 3 is 2.62 bits per heavy atom. The van der Waals surface area contributed by atoms with Crippen molar-refractivity contribution in [2.75, 3.05) is 13.7 Å². The van der Waals surface area contributed by atoms with E-state index in [4.69, 9.17) is 4.74 Å². The minimum absolute atomic E-state index is 0.142. The average molecular weight is 350 g/mol. The molecule has 1 heterocycles. The van der Waals surface area contributed by atoms with Gasteiger partial charge in [0.05, 0.1) is 19.2 Å². The molecule has 3 aromatic rings. The van der Waals surface area contributed by atoms with E-state index in [1.54, 1.807) is 24.1 Å². The van der Waals surface area contributed by atoms with Gasteiger partial charge >= 0.3 is 0 Å². The SMILES string of the molecule is CCCN(Cc1cc2ccccc2[nH]c1=O)C(=O)c1ccccc1OC. The maximum absolute atomic E-state index is 13.0. The van der Waals surface area contributed by atoms with Gasteiger partial charge in [-0.05, 0) is 36.1 Å². The molecular weight excluding hydrogens is 328 g/mol. The van der Waals surface area contributed by atoms with Crippen molar-refractivity contribution in [1.82, 2.24) is 9.88 Å². The van der Waals surface area contributed by atoms with Gasteiger partial charge in [-0.1, -0.05) is 37.3 Å². The van der Waals surface area contributed by atoms with E-state index >= 15 is 0 Å². The summed E-state index contributed by atoms with van der Waals surface area (Å²) < 4.78 is 5.31. The van der Waals surface area contributed by atoms with Crippen LogP contribution in [0.4, 0.5) is 0 Å². The number of aromatic amines is 1. The van der Waals surface area contributed by atoms with Crippen molar-refractivity contribution in [1.29, 1.82) is 0 Å². The topological polar surface area (TPSA) is 62.4 Å². The molecule has 0 aliphatic heterocycles. The molecule has 0 saturated carbocycles. The van der Waals surface area contributed by atoms with E-state index in [9.17, 15) is 9.59 Å². The van der Waals surface area contributed by atoms with Crippen LogP contribution in [0.15, 0.2) is 59.4 Å². The Morgan fingerprint density at radius 2 is 1.85 bits per heavy atom. The lowest BCUT2D eigenvalue weighted by Gasteiger charge is -2.23. The fourth-order valence-corrected chi connectivity index (χ4v) is 3.03. The van der Waals surface area contributed by atoms with Gasteiger partial charge in [0, 0.05) is 17.6 Å². The van der Waals surface area contributed by atoms with Gasteiger partial charge in [0.1, 0.15) is 5.75 Å². The summed E-state index contributed by atoms with van der Waals surface area (Å²) in [6.07, 6.45) is 0.798. The van der Waals surface area contributed by atoms with Gasteiger partial charge < -0.3 is 14.6 Å². The molecule has 26 heavy (non-hydrogen) atoms. The molecule has 0 unspecified atom stereocenters. The molecule has 0 bridgehead atoms. The van der Waals surface area contributed by atoms with Crippen molar-refractivity contribution >= 4 is 16.8 Å². The maximum Gasteiger partial charge on any atom is 0.257 e. The summed E-state index contributed by atoms with van der Waals surface area (Å²) in [6, 6.07) is 16.6. The lowest BCUT2D eigenvalue weighted by atomic mass is 10.1. The highest BCUT2D eigenvalue weighted by Crippen LogP contribution is 2.21. The van der Waals surface area contributed by atoms with Crippen molar-refractivity contribution in [2.45, 2.75) is 19.9 Å². The van der Waals surface area contributed by atoms with Gasteiger partial charge in [-0.3, -0.25) is 9.59 Å². The first-order valence-electron chi connectivity index (χ1n) is 8.67. The summed E-state index contributed by atoms with van der Waals surface area (Å²) in [6.45, 7) is 2.82. The number of rotatable bonds is 6. The summed E-state index contributed by atoms with van der Waals surface area (Å²) in [5.41, 5.74) is 1.69. The number of carbonyl (C=O) groups is 1. The molecule has 0 radical (unpaired) electrons. The molecule has 0 atom stereocenters. The number of carbonyl (C=O) groups excluding carboxylic acids is 1. The zero-order chi connectivity index (χ0) is 18.5. The molecule has 0 aliphatic rings. The summed E-state index contributed by atoms with van der Waals surface area (Å²) >= 11 is 0. The third-order valence-corrected chi connectivity index (χ3v) is 4.31. The van der Waals surface area contributed by atoms with E-state index < -0.39 is 0 Å². The summed E-state index contributed by atoms with van der Waals surface area (Å²) in [5.74, 6) is 0.392. The lowest BCUT2D eigenvalue weighted by Crippen LogP contribution is -2.33. The number of hydrogen-bond donors (Lipinski definition) is 1. The number of ether oxygens (including phenoxy) is 1. The van der Waals surface area contributed by atoms with Gasteiger partial charge in [-0.2, -0.15) is 0 Å². The molecule has 2 aromatic carbocycles. The Bertz CT molecular complexity index is 978. The van der Waals surface area contributed by atoms with Crippen molar-refractivity contribution in [2.24, 2.45) is 0 Å². The van der Waals surface area contributed by atoms with Crippen LogP contribution in [0.25, 0.3) is 10.9 Å². The normalized spacial score (nSPS) is 10.7. The highest BCUT2D eigenvalue weighted by atomic mass is 16.5. The number of pyridine rings is 1. The largest absolute Gasteiger partial charge is 0.496 e. The Balaban J connectivity index is 1.95. The standard InChI is InChI=1S/C21H22N2O3/c1-3-12-23(21(25)17-9-5-7-11-19(17)26-2)14-16-13-15-8-4-6-10-18(15)22-20(16)24/h4-11,13H,3,12,14H2,1-2H3,(H,22,24). The lowest BCUT2D eigenvalue weighted by molar-refractivity contribution is 0.0739. The first-order chi connectivity index (χ1) is 12.6. The maximum atomic E-state index is 13.0. The number of methoxy groups -OCH3 is 1. The second kappa shape index (κ2) is 7.87. The van der Waals surface area contributed by atoms with E-state index in [0.717, 1.165) is 17.3 Å². The monoisotopic (exact) mass is 350 g/mol. The summed E-state index contributed by atoms with van der Waals surface area (Å²) in [4.78, 5) is 30.0. The number of nitrogens with one attached hydrogen (secondary N) is 1. The molecule has 1 N–H and O–H groups in total. The van der Waals surface area contributed by atoms with Gasteiger partial charge in [-0.25, -0.2) is 0 Å². The van der Waals surface area contributed by atoms with E-state index in [2.05, 4.69) is 4.98 Å². The number of benzene rings is 2. The summed E-state index contributed by atoms with van der Waals surface area (Å²) in [5, 5.41) is 0.947. The molecule has 5 nitrogen and oxygen atoms in total. The fourth-order valence-electron chi connectivity index (χ4n) is 3.03. The molecule has 3 rings (SSSR count). The third kappa shape index (κ3) is 3.61. The summed E-state index contributed by atoms with van der Waals surface area (Å²) in [7, 11) is 1.55. The number of amides is 1. The Labute approximate surface area is 152 Å². The van der Waals surface area contributed by atoms with Crippen molar-refractivity contribution in [3.63, 3.8) is 0 Å². The highest BCUT2D eigenvalue weighted by Gasteiger charge is 2.20. The Kier molecular flexibility index (Phi) is 5.37. The van der Waals surface area contributed by atoms with Crippen LogP contribution in [0.1, 0.15) is 29.3 Å². The minimum Gasteiger partial charge on any atom is -0.496 e. The number of hydrogen-bond acceptors (Lipinski definition) is 3. The Morgan fingerprint density at radius 1 is 1.12 bits per heavy atom. The zero-order valence-corrected chi connectivity index (χ0v) is 15.0. The number of para-hydroxylation sites is 2. The minimum atomic E-state index is -0.169. The molecule has 1 amide bonds. The van der Waals surface area contributed by atoms with Crippen molar-refractivity contribution in [3.8, 4) is 5.75 Å². The molecule has 0 fully saturated rings. The molecular formula is C21H22N2O3. The Hall–Kier alpha value is -3.08. The van der Waals surface area contributed by atoms with E-state index in [-0.39, 0.29) is 18.0 Å². The van der Waals surface area contributed by atoms with Crippen LogP contribution in [0.5, 0.6) is 5.75 Å². The quantitative estimate of drug-likeness (QED) is 0.739. The predicted octanol–water partition coefficient (Wildman–Crippen LogP) is 3.59. The third-order valence-electron chi connectivity index (χ3n) is 4.31. The van der Waals surface area contributed by atoms with Gasteiger partial charge in [0.15, 0.2) is 0 Å². The van der Waals surface area contributed by atoms with E-state index in [1.807, 2.05) is 49.4 Å². The van der Waals surface area contributed by atoms with E-state index in [0.29, 0.717) is 23.4 Å². The van der Waals surface area contributed by atoms with Crippen LogP contribution in [0.2, 0.25) is 0 Å². The van der Waals surface area contributed by atoms with Gasteiger partial charge in [0.2, 0.25) is 0 Å². The molecule has 1 aromatic heterocycles. The van der Waals surface area contributed by atoms with Gasteiger partial charge in [0.25, 0.3) is 11.5 Å². The molecule has 5 heteroatoms. The van der Waals surface area contributed by atoms with Crippen molar-refractivity contribution in [3.05, 3.63) is 76.1 Å².